The first-order valence-corrected chi connectivity index (χ1v) is 11.1. The zero-order chi connectivity index (χ0) is 26.1. The summed E-state index contributed by atoms with van der Waals surface area (Å²) in [7, 11) is 1.64. The Bertz CT molecular complexity index is 1590. The Morgan fingerprint density at radius 2 is 1.95 bits per heavy atom. The van der Waals surface area contributed by atoms with E-state index in [9.17, 15) is 18.0 Å². The molecule has 1 atom stereocenters. The topological polar surface area (TPSA) is 108 Å². The standard InChI is InChI=1S/C24H18F4N6O3/c1-33-5-4-20(32-33)34(18-10-37-22-11(18)2-3-19(31-22)24(26,27)28)23(35)13-6-12-14-8-36-9-15(14)21(29)30-17(12)7-16(13)25/h2-7,18H,8-10H2,1H3,(H2,29,30). The van der Waals surface area contributed by atoms with Crippen LogP contribution in [0.2, 0.25) is 0 Å². The summed E-state index contributed by atoms with van der Waals surface area (Å²) in [4.78, 5) is 22.9. The molecule has 1 aromatic carbocycles. The molecule has 4 aromatic rings. The third-order valence-corrected chi connectivity index (χ3v) is 6.44. The van der Waals surface area contributed by atoms with E-state index in [0.717, 1.165) is 17.7 Å². The summed E-state index contributed by atoms with van der Waals surface area (Å²) in [6.07, 6.45) is -3.08. The molecule has 9 nitrogen and oxygen atoms in total. The smallest absolute Gasteiger partial charge is 0.433 e. The van der Waals surface area contributed by atoms with Gasteiger partial charge in [0, 0.05) is 41.9 Å². The Morgan fingerprint density at radius 3 is 2.68 bits per heavy atom. The van der Waals surface area contributed by atoms with E-state index in [-0.39, 0.29) is 54.0 Å². The van der Waals surface area contributed by atoms with Crippen molar-refractivity contribution in [3.8, 4) is 5.88 Å². The molecule has 190 valence electrons. The van der Waals surface area contributed by atoms with Gasteiger partial charge in [-0.3, -0.25) is 14.4 Å². The van der Waals surface area contributed by atoms with E-state index >= 15 is 4.39 Å². The van der Waals surface area contributed by atoms with Crippen LogP contribution in [0, 0.1) is 5.82 Å². The van der Waals surface area contributed by atoms with E-state index in [4.69, 9.17) is 15.2 Å². The van der Waals surface area contributed by atoms with Gasteiger partial charge in [-0.15, -0.1) is 0 Å². The third kappa shape index (κ3) is 3.73. The van der Waals surface area contributed by atoms with Gasteiger partial charge < -0.3 is 15.2 Å². The predicted molar refractivity (Wildman–Crippen MR) is 122 cm³/mol. The number of hydrogen-bond acceptors (Lipinski definition) is 7. The zero-order valence-electron chi connectivity index (χ0n) is 19.2. The number of rotatable bonds is 3. The molecule has 1 unspecified atom stereocenters. The molecule has 2 aliphatic rings. The van der Waals surface area contributed by atoms with Gasteiger partial charge in [0.2, 0.25) is 5.88 Å². The SMILES string of the molecule is Cn1ccc(N(C(=O)c2cc3c4c(c(N)nc3cc2F)COC4)C2COc3nc(C(F)(F)F)ccc32)n1. The van der Waals surface area contributed by atoms with Crippen LogP contribution in [0.3, 0.4) is 0 Å². The number of pyridine rings is 2. The summed E-state index contributed by atoms with van der Waals surface area (Å²) < 4.78 is 67.2. The van der Waals surface area contributed by atoms with Crippen molar-refractivity contribution in [2.24, 2.45) is 7.05 Å². The second kappa shape index (κ2) is 8.13. The van der Waals surface area contributed by atoms with Crippen molar-refractivity contribution in [1.82, 2.24) is 19.7 Å². The average molecular weight is 514 g/mol. The van der Waals surface area contributed by atoms with E-state index in [1.54, 1.807) is 19.3 Å². The van der Waals surface area contributed by atoms with Crippen LogP contribution in [0.1, 0.15) is 38.8 Å². The highest BCUT2D eigenvalue weighted by atomic mass is 19.4. The summed E-state index contributed by atoms with van der Waals surface area (Å²) >= 11 is 0. The quantitative estimate of drug-likeness (QED) is 0.413. The van der Waals surface area contributed by atoms with E-state index in [1.165, 1.54) is 21.7 Å². The molecule has 0 saturated carbocycles. The number of alkyl halides is 3. The van der Waals surface area contributed by atoms with Crippen LogP contribution < -0.4 is 15.4 Å². The van der Waals surface area contributed by atoms with Crippen LogP contribution in [0.5, 0.6) is 5.88 Å². The van der Waals surface area contributed by atoms with E-state index < -0.39 is 29.6 Å². The second-order valence-corrected chi connectivity index (χ2v) is 8.73. The molecule has 3 aromatic heterocycles. The molecule has 2 N–H and O–H groups in total. The summed E-state index contributed by atoms with van der Waals surface area (Å²) in [6.45, 7) is 0.301. The number of benzene rings is 1. The highest BCUT2D eigenvalue weighted by Gasteiger charge is 2.40. The number of fused-ring (bicyclic) bond motifs is 4. The van der Waals surface area contributed by atoms with Crippen molar-refractivity contribution in [1.29, 1.82) is 0 Å². The lowest BCUT2D eigenvalue weighted by atomic mass is 10.0. The van der Waals surface area contributed by atoms with E-state index in [1.807, 2.05) is 0 Å². The third-order valence-electron chi connectivity index (χ3n) is 6.44. The number of aryl methyl sites for hydroxylation is 1. The number of hydrogen-bond donors (Lipinski definition) is 1. The molecule has 0 fully saturated rings. The van der Waals surface area contributed by atoms with Gasteiger partial charge >= 0.3 is 6.18 Å². The van der Waals surface area contributed by atoms with Gasteiger partial charge in [-0.25, -0.2) is 14.4 Å². The summed E-state index contributed by atoms with van der Waals surface area (Å²) in [5, 5.41) is 4.81. The Balaban J connectivity index is 1.47. The molecule has 1 amide bonds. The van der Waals surface area contributed by atoms with Crippen LogP contribution in [0.4, 0.5) is 29.2 Å². The summed E-state index contributed by atoms with van der Waals surface area (Å²) in [6, 6.07) is 5.19. The van der Waals surface area contributed by atoms with Gasteiger partial charge in [-0.05, 0) is 23.8 Å². The molecule has 0 radical (unpaired) electrons. The number of carbonyl (C=O) groups is 1. The van der Waals surface area contributed by atoms with Crippen LogP contribution in [0.25, 0.3) is 10.9 Å². The fourth-order valence-corrected chi connectivity index (χ4v) is 4.66. The molecule has 0 spiro atoms. The first kappa shape index (κ1) is 23.2. The minimum absolute atomic E-state index is 0.164. The fourth-order valence-electron chi connectivity index (χ4n) is 4.66. The maximum Gasteiger partial charge on any atom is 0.433 e. The monoisotopic (exact) mass is 514 g/mol. The van der Waals surface area contributed by atoms with Crippen molar-refractivity contribution in [2.75, 3.05) is 17.2 Å². The largest absolute Gasteiger partial charge is 0.475 e. The number of nitrogens with two attached hydrogens (primary N) is 1. The Kier molecular flexibility index (Phi) is 5.09. The van der Waals surface area contributed by atoms with Crippen molar-refractivity contribution in [3.05, 3.63) is 70.3 Å². The minimum atomic E-state index is -4.66. The number of ether oxygens (including phenoxy) is 2. The first-order chi connectivity index (χ1) is 17.6. The number of amides is 1. The summed E-state index contributed by atoms with van der Waals surface area (Å²) in [5.74, 6) is -1.45. The van der Waals surface area contributed by atoms with Gasteiger partial charge in [0.05, 0.1) is 24.3 Å². The Morgan fingerprint density at radius 1 is 1.16 bits per heavy atom. The van der Waals surface area contributed by atoms with Gasteiger partial charge in [-0.1, -0.05) is 0 Å². The molecule has 0 aliphatic carbocycles. The van der Waals surface area contributed by atoms with E-state index in [0.29, 0.717) is 10.9 Å². The molecule has 0 saturated heterocycles. The molecule has 13 heteroatoms. The number of nitrogen functional groups attached to an aromatic ring is 1. The average Bonchev–Trinajstić information content (AvgIpc) is 3.59. The number of carbonyl (C=O) groups excluding carboxylic acids is 1. The normalized spacial score (nSPS) is 16.5. The van der Waals surface area contributed by atoms with Gasteiger partial charge in [0.15, 0.2) is 5.82 Å². The number of aromatic nitrogens is 4. The summed E-state index contributed by atoms with van der Waals surface area (Å²) in [5.41, 5.74) is 6.53. The lowest BCUT2D eigenvalue weighted by molar-refractivity contribution is -0.141. The van der Waals surface area contributed by atoms with Crippen LogP contribution >= 0.6 is 0 Å². The second-order valence-electron chi connectivity index (χ2n) is 8.73. The Hall–Kier alpha value is -4.26. The van der Waals surface area contributed by atoms with Crippen molar-refractivity contribution in [2.45, 2.75) is 25.4 Å². The molecule has 6 rings (SSSR count). The first-order valence-electron chi connectivity index (χ1n) is 11.1. The molecule has 5 heterocycles. The van der Waals surface area contributed by atoms with E-state index in [2.05, 4.69) is 15.1 Å². The van der Waals surface area contributed by atoms with Crippen molar-refractivity contribution >= 4 is 28.4 Å². The fraction of sp³-hybridized carbons (Fsp3) is 0.250. The Labute approximate surface area is 206 Å². The van der Waals surface area contributed by atoms with Crippen LogP contribution in [-0.2, 0) is 31.2 Å². The minimum Gasteiger partial charge on any atom is -0.475 e. The lowest BCUT2D eigenvalue weighted by Crippen LogP contribution is -2.37. The number of halogens is 4. The van der Waals surface area contributed by atoms with Crippen molar-refractivity contribution in [3.63, 3.8) is 0 Å². The van der Waals surface area contributed by atoms with Gasteiger partial charge in [-0.2, -0.15) is 18.3 Å². The molecule has 0 bridgehead atoms. The predicted octanol–water partition coefficient (Wildman–Crippen LogP) is 3.91. The van der Waals surface area contributed by atoms with Crippen LogP contribution in [0.15, 0.2) is 36.5 Å². The van der Waals surface area contributed by atoms with Gasteiger partial charge in [0.1, 0.15) is 30.0 Å². The highest BCUT2D eigenvalue weighted by Crippen LogP contribution is 2.40. The number of nitrogens with zero attached hydrogens (tertiary/aromatic N) is 5. The maximum atomic E-state index is 15.3. The zero-order valence-corrected chi connectivity index (χ0v) is 19.2. The van der Waals surface area contributed by atoms with Gasteiger partial charge in [0.25, 0.3) is 5.91 Å². The van der Waals surface area contributed by atoms with Crippen LogP contribution in [-0.4, -0.2) is 32.3 Å². The molecular formula is C24H18F4N6O3. The number of anilines is 2. The molecule has 37 heavy (non-hydrogen) atoms. The lowest BCUT2D eigenvalue weighted by Gasteiger charge is -2.26. The van der Waals surface area contributed by atoms with Crippen molar-refractivity contribution < 1.29 is 31.8 Å². The highest BCUT2D eigenvalue weighted by molar-refractivity contribution is 6.08. The maximum absolute atomic E-state index is 15.3. The molecular weight excluding hydrogens is 496 g/mol. The molecule has 2 aliphatic heterocycles.